The van der Waals surface area contributed by atoms with Crippen molar-refractivity contribution in [2.75, 3.05) is 5.73 Å². The minimum Gasteiger partial charge on any atom is -0.382 e. The van der Waals surface area contributed by atoms with Gasteiger partial charge in [0.1, 0.15) is 22.9 Å². The maximum Gasteiger partial charge on any atom is 0.150 e. The third-order valence-electron chi connectivity index (χ3n) is 5.99. The van der Waals surface area contributed by atoms with Crippen LogP contribution in [0.3, 0.4) is 0 Å². The number of aromatic nitrogens is 5. The van der Waals surface area contributed by atoms with Crippen molar-refractivity contribution in [3.63, 3.8) is 0 Å². The number of fused-ring (bicyclic) bond motifs is 2. The Morgan fingerprint density at radius 1 is 0.938 bits per heavy atom. The molecule has 6 heteroatoms. The summed E-state index contributed by atoms with van der Waals surface area (Å²) in [4.78, 5) is 18.9. The average molecular weight is 423 g/mol. The molecule has 5 rings (SSSR count). The summed E-state index contributed by atoms with van der Waals surface area (Å²) < 4.78 is 2.11. The Bertz CT molecular complexity index is 1390. The third kappa shape index (κ3) is 3.47. The van der Waals surface area contributed by atoms with Crippen LogP contribution >= 0.6 is 0 Å². The van der Waals surface area contributed by atoms with Crippen molar-refractivity contribution in [2.24, 2.45) is 0 Å². The Morgan fingerprint density at radius 2 is 1.78 bits per heavy atom. The van der Waals surface area contributed by atoms with E-state index < -0.39 is 0 Å². The molecule has 0 amide bonds. The van der Waals surface area contributed by atoms with Gasteiger partial charge in [0.05, 0.1) is 22.9 Å². The highest BCUT2D eigenvalue weighted by atomic mass is 15.1. The lowest BCUT2D eigenvalue weighted by Gasteiger charge is -2.12. The summed E-state index contributed by atoms with van der Waals surface area (Å²) in [6.07, 6.45) is 8.74. The minimum atomic E-state index is 0.369. The standard InChI is InChI=1S/C26H26N6/c1-3-8-17(4-2)26-31-23(24-25(27)28-13-14-32(24)26)19-11-12-20-21(15-19)30-22(16-29-20)18-9-6-5-7-10-18/h5-7,9-17H,3-4,8H2,1-2H3,(H2,27,28). The van der Waals surface area contributed by atoms with Crippen LogP contribution in [0.2, 0.25) is 0 Å². The van der Waals surface area contributed by atoms with Gasteiger partial charge in [-0.2, -0.15) is 0 Å². The smallest absolute Gasteiger partial charge is 0.150 e. The third-order valence-corrected chi connectivity index (χ3v) is 5.99. The quantitative estimate of drug-likeness (QED) is 0.369. The molecule has 0 bridgehead atoms. The number of nitrogens with zero attached hydrogens (tertiary/aromatic N) is 5. The second kappa shape index (κ2) is 8.38. The first-order valence-corrected chi connectivity index (χ1v) is 11.1. The number of rotatable bonds is 6. The van der Waals surface area contributed by atoms with Crippen LogP contribution in [0.15, 0.2) is 67.1 Å². The predicted molar refractivity (Wildman–Crippen MR) is 129 cm³/mol. The van der Waals surface area contributed by atoms with Crippen molar-refractivity contribution in [1.82, 2.24) is 24.3 Å². The minimum absolute atomic E-state index is 0.369. The van der Waals surface area contributed by atoms with Crippen molar-refractivity contribution in [2.45, 2.75) is 39.0 Å². The van der Waals surface area contributed by atoms with Crippen LogP contribution in [-0.2, 0) is 0 Å². The van der Waals surface area contributed by atoms with Crippen molar-refractivity contribution in [3.05, 3.63) is 72.9 Å². The molecule has 0 saturated carbocycles. The molecule has 0 aliphatic rings. The van der Waals surface area contributed by atoms with E-state index in [-0.39, 0.29) is 0 Å². The zero-order valence-corrected chi connectivity index (χ0v) is 18.4. The van der Waals surface area contributed by atoms with Gasteiger partial charge in [0, 0.05) is 29.4 Å². The molecular formula is C26H26N6. The number of imidazole rings is 1. The fourth-order valence-corrected chi connectivity index (χ4v) is 4.35. The first-order valence-electron chi connectivity index (χ1n) is 11.1. The summed E-state index contributed by atoms with van der Waals surface area (Å²) in [5.41, 5.74) is 12.6. The molecule has 0 aliphatic heterocycles. The van der Waals surface area contributed by atoms with Crippen LogP contribution in [0.1, 0.15) is 44.9 Å². The Balaban J connectivity index is 1.68. The lowest BCUT2D eigenvalue weighted by atomic mass is 10.00. The topological polar surface area (TPSA) is 82.0 Å². The van der Waals surface area contributed by atoms with Gasteiger partial charge in [-0.3, -0.25) is 9.38 Å². The SMILES string of the molecule is CCCC(CC)c1nc(-c2ccc3ncc(-c4ccccc4)nc3c2)c2c(N)nccn12. The van der Waals surface area contributed by atoms with E-state index in [0.29, 0.717) is 11.7 Å². The van der Waals surface area contributed by atoms with E-state index >= 15 is 0 Å². The van der Waals surface area contributed by atoms with Crippen molar-refractivity contribution in [1.29, 1.82) is 0 Å². The van der Waals surface area contributed by atoms with E-state index in [9.17, 15) is 0 Å². The highest BCUT2D eigenvalue weighted by molar-refractivity contribution is 5.90. The molecule has 6 nitrogen and oxygen atoms in total. The van der Waals surface area contributed by atoms with E-state index in [2.05, 4.69) is 28.2 Å². The van der Waals surface area contributed by atoms with Gasteiger partial charge in [0.2, 0.25) is 0 Å². The molecule has 0 aliphatic carbocycles. The summed E-state index contributed by atoms with van der Waals surface area (Å²) in [7, 11) is 0. The van der Waals surface area contributed by atoms with Crippen LogP contribution in [0.25, 0.3) is 39.1 Å². The lowest BCUT2D eigenvalue weighted by Crippen LogP contribution is -2.04. The molecule has 32 heavy (non-hydrogen) atoms. The molecule has 0 saturated heterocycles. The van der Waals surface area contributed by atoms with Crippen molar-refractivity contribution in [3.8, 4) is 22.5 Å². The summed E-state index contributed by atoms with van der Waals surface area (Å²) >= 11 is 0. The fourth-order valence-electron chi connectivity index (χ4n) is 4.35. The number of benzene rings is 2. The summed E-state index contributed by atoms with van der Waals surface area (Å²) in [5, 5.41) is 0. The van der Waals surface area contributed by atoms with E-state index in [0.717, 1.165) is 64.2 Å². The first kappa shape index (κ1) is 20.1. The van der Waals surface area contributed by atoms with Crippen molar-refractivity contribution < 1.29 is 0 Å². The lowest BCUT2D eigenvalue weighted by molar-refractivity contribution is 0.562. The molecule has 0 radical (unpaired) electrons. The second-order valence-corrected chi connectivity index (χ2v) is 8.07. The van der Waals surface area contributed by atoms with Crippen LogP contribution in [0.5, 0.6) is 0 Å². The van der Waals surface area contributed by atoms with E-state index in [1.807, 2.05) is 60.9 Å². The highest BCUT2D eigenvalue weighted by Crippen LogP contribution is 2.34. The molecule has 1 atom stereocenters. The Hall–Kier alpha value is -3.80. The summed E-state index contributed by atoms with van der Waals surface area (Å²) in [5.74, 6) is 1.89. The van der Waals surface area contributed by atoms with Gasteiger partial charge in [-0.15, -0.1) is 0 Å². The second-order valence-electron chi connectivity index (χ2n) is 8.07. The molecule has 3 heterocycles. The number of anilines is 1. The molecule has 3 aromatic heterocycles. The highest BCUT2D eigenvalue weighted by Gasteiger charge is 2.21. The van der Waals surface area contributed by atoms with Gasteiger partial charge in [0.25, 0.3) is 0 Å². The number of nitrogen functional groups attached to an aromatic ring is 1. The van der Waals surface area contributed by atoms with E-state index in [1.54, 1.807) is 6.20 Å². The Labute approximate surface area is 187 Å². The molecule has 2 N–H and O–H groups in total. The Morgan fingerprint density at radius 3 is 2.56 bits per heavy atom. The normalized spacial score (nSPS) is 12.4. The first-order chi connectivity index (χ1) is 15.7. The van der Waals surface area contributed by atoms with Crippen LogP contribution < -0.4 is 5.73 Å². The maximum absolute atomic E-state index is 6.34. The molecular weight excluding hydrogens is 396 g/mol. The molecule has 0 spiro atoms. The zero-order valence-electron chi connectivity index (χ0n) is 18.4. The summed E-state index contributed by atoms with van der Waals surface area (Å²) in [6.45, 7) is 4.42. The number of hydrogen-bond acceptors (Lipinski definition) is 5. The van der Waals surface area contributed by atoms with Gasteiger partial charge in [-0.25, -0.2) is 15.0 Å². The Kier molecular flexibility index (Phi) is 5.27. The van der Waals surface area contributed by atoms with Gasteiger partial charge < -0.3 is 5.73 Å². The van der Waals surface area contributed by atoms with Gasteiger partial charge >= 0.3 is 0 Å². The summed E-state index contributed by atoms with van der Waals surface area (Å²) in [6, 6.07) is 16.2. The molecule has 1 unspecified atom stereocenters. The average Bonchev–Trinajstić information content (AvgIpc) is 3.23. The van der Waals surface area contributed by atoms with E-state index in [4.69, 9.17) is 15.7 Å². The molecule has 2 aromatic carbocycles. The molecule has 160 valence electrons. The van der Waals surface area contributed by atoms with E-state index in [1.165, 1.54) is 0 Å². The fraction of sp³-hybridized carbons (Fsp3) is 0.231. The van der Waals surface area contributed by atoms with Gasteiger partial charge in [-0.1, -0.05) is 56.7 Å². The molecule has 0 fully saturated rings. The zero-order chi connectivity index (χ0) is 22.1. The van der Waals surface area contributed by atoms with Crippen LogP contribution in [0.4, 0.5) is 5.82 Å². The largest absolute Gasteiger partial charge is 0.382 e. The number of hydrogen-bond donors (Lipinski definition) is 1. The number of nitrogens with two attached hydrogens (primary N) is 1. The maximum atomic E-state index is 6.34. The van der Waals surface area contributed by atoms with Gasteiger partial charge in [-0.05, 0) is 25.0 Å². The van der Waals surface area contributed by atoms with Crippen LogP contribution in [-0.4, -0.2) is 24.3 Å². The van der Waals surface area contributed by atoms with Crippen LogP contribution in [0, 0.1) is 0 Å². The van der Waals surface area contributed by atoms with Crippen molar-refractivity contribution >= 4 is 22.4 Å². The van der Waals surface area contributed by atoms with Gasteiger partial charge in [0.15, 0.2) is 0 Å². The predicted octanol–water partition coefficient (Wildman–Crippen LogP) is 5.88. The molecule has 5 aromatic rings. The monoisotopic (exact) mass is 422 g/mol.